The molecule has 0 spiro atoms. The summed E-state index contributed by atoms with van der Waals surface area (Å²) in [7, 11) is 0. The fourth-order valence-corrected chi connectivity index (χ4v) is 3.13. The maximum absolute atomic E-state index is 11.8. The highest BCUT2D eigenvalue weighted by Crippen LogP contribution is 2.32. The predicted molar refractivity (Wildman–Crippen MR) is 80.1 cm³/mol. The van der Waals surface area contributed by atoms with Crippen LogP contribution in [0.4, 0.5) is 4.79 Å². The lowest BCUT2D eigenvalue weighted by Gasteiger charge is -2.36. The fourth-order valence-electron chi connectivity index (χ4n) is 2.46. The first-order valence-electron chi connectivity index (χ1n) is 6.98. The first-order valence-corrected chi connectivity index (χ1v) is 7.92. The minimum absolute atomic E-state index is 0.0673. The van der Waals surface area contributed by atoms with E-state index in [1.807, 2.05) is 26.3 Å². The van der Waals surface area contributed by atoms with Gasteiger partial charge in [0.15, 0.2) is 0 Å². The molecule has 1 aliphatic heterocycles. The minimum Gasteiger partial charge on any atom is -0.444 e. The summed E-state index contributed by atoms with van der Waals surface area (Å²) in [6.45, 7) is 8.09. The number of amides is 1. The molecule has 2 rings (SSSR count). The molecule has 6 heteroatoms. The smallest absolute Gasteiger partial charge is 0.407 e. The van der Waals surface area contributed by atoms with Crippen LogP contribution >= 0.6 is 11.3 Å². The minimum atomic E-state index is -0.466. The second-order valence-electron chi connectivity index (χ2n) is 6.26. The molecule has 5 nitrogen and oxygen atoms in total. The van der Waals surface area contributed by atoms with Gasteiger partial charge in [-0.05, 0) is 46.7 Å². The van der Waals surface area contributed by atoms with Crippen molar-refractivity contribution in [1.82, 2.24) is 15.6 Å². The van der Waals surface area contributed by atoms with Crippen molar-refractivity contribution in [2.45, 2.75) is 44.6 Å². The van der Waals surface area contributed by atoms with Crippen LogP contribution < -0.4 is 10.6 Å². The summed E-state index contributed by atoms with van der Waals surface area (Å²) in [6.07, 6.45) is 1.60. The number of hydrogen-bond donors (Lipinski definition) is 2. The highest BCUT2D eigenvalue weighted by atomic mass is 32.1. The van der Waals surface area contributed by atoms with E-state index in [0.29, 0.717) is 6.54 Å². The molecule has 2 heterocycles. The Bertz CT molecular complexity index is 434. The molecule has 0 bridgehead atoms. The van der Waals surface area contributed by atoms with Gasteiger partial charge in [-0.3, -0.25) is 0 Å². The average molecular weight is 297 g/mol. The Balaban J connectivity index is 2.01. The third-order valence-corrected chi connectivity index (χ3v) is 4.09. The van der Waals surface area contributed by atoms with Gasteiger partial charge in [0, 0.05) is 17.3 Å². The van der Waals surface area contributed by atoms with E-state index in [4.69, 9.17) is 4.74 Å². The van der Waals surface area contributed by atoms with Crippen molar-refractivity contribution < 1.29 is 9.53 Å². The van der Waals surface area contributed by atoms with Gasteiger partial charge >= 0.3 is 6.09 Å². The number of aromatic nitrogens is 1. The van der Waals surface area contributed by atoms with Gasteiger partial charge in [-0.25, -0.2) is 9.78 Å². The van der Waals surface area contributed by atoms with Crippen molar-refractivity contribution in [3.63, 3.8) is 0 Å². The van der Waals surface area contributed by atoms with Gasteiger partial charge in [-0.1, -0.05) is 0 Å². The zero-order valence-electron chi connectivity index (χ0n) is 12.4. The first-order chi connectivity index (χ1) is 9.41. The molecule has 0 radical (unpaired) electrons. The number of carbonyl (C=O) groups is 1. The molecule has 20 heavy (non-hydrogen) atoms. The summed E-state index contributed by atoms with van der Waals surface area (Å²) in [5.41, 5.74) is 2.40. The number of rotatable bonds is 3. The van der Waals surface area contributed by atoms with Gasteiger partial charge in [-0.2, -0.15) is 0 Å². The van der Waals surface area contributed by atoms with Crippen molar-refractivity contribution in [3.8, 4) is 0 Å². The number of alkyl carbamates (subject to hydrolysis) is 1. The van der Waals surface area contributed by atoms with Crippen molar-refractivity contribution >= 4 is 17.4 Å². The Morgan fingerprint density at radius 3 is 2.75 bits per heavy atom. The van der Waals surface area contributed by atoms with Gasteiger partial charge in [0.2, 0.25) is 0 Å². The maximum atomic E-state index is 11.8. The molecule has 0 aromatic carbocycles. The molecule has 0 unspecified atom stereocenters. The highest BCUT2D eigenvalue weighted by Gasteiger charge is 2.36. The summed E-state index contributed by atoms with van der Waals surface area (Å²) in [5, 5.41) is 8.36. The zero-order valence-corrected chi connectivity index (χ0v) is 13.2. The predicted octanol–water partition coefficient (Wildman–Crippen LogP) is 2.29. The maximum Gasteiger partial charge on any atom is 0.407 e. The molecule has 1 fully saturated rings. The standard InChI is InChI=1S/C14H23N3O2S/c1-13(2,3)19-12(18)16-9-14(4-6-15-7-5-14)11-8-20-10-17-11/h8,10,15H,4-7,9H2,1-3H3,(H,16,18). The van der Waals surface area contributed by atoms with Crippen LogP contribution in [0.25, 0.3) is 0 Å². The van der Waals surface area contributed by atoms with E-state index in [-0.39, 0.29) is 11.5 Å². The van der Waals surface area contributed by atoms with Gasteiger partial charge in [-0.15, -0.1) is 11.3 Å². The second-order valence-corrected chi connectivity index (χ2v) is 6.98. The van der Waals surface area contributed by atoms with E-state index >= 15 is 0 Å². The number of ether oxygens (including phenoxy) is 1. The molecule has 1 saturated heterocycles. The first kappa shape index (κ1) is 15.3. The molecule has 1 aromatic rings. The molecular formula is C14H23N3O2S. The van der Waals surface area contributed by atoms with Crippen molar-refractivity contribution in [2.75, 3.05) is 19.6 Å². The SMILES string of the molecule is CC(C)(C)OC(=O)NCC1(c2cscn2)CCNCC1. The highest BCUT2D eigenvalue weighted by molar-refractivity contribution is 7.07. The van der Waals surface area contributed by atoms with Crippen LogP contribution in [-0.4, -0.2) is 36.3 Å². The summed E-state index contributed by atoms with van der Waals surface area (Å²) in [6, 6.07) is 0. The summed E-state index contributed by atoms with van der Waals surface area (Å²) in [4.78, 5) is 16.3. The van der Waals surface area contributed by atoms with Gasteiger partial charge in [0.25, 0.3) is 0 Å². The quantitative estimate of drug-likeness (QED) is 0.898. The Kier molecular flexibility index (Phi) is 4.65. The normalized spacial score (nSPS) is 18.6. The average Bonchev–Trinajstić information content (AvgIpc) is 2.90. The summed E-state index contributed by atoms with van der Waals surface area (Å²) in [5.74, 6) is 0. The number of nitrogens with zero attached hydrogens (tertiary/aromatic N) is 1. The van der Waals surface area contributed by atoms with Crippen LogP contribution in [0.15, 0.2) is 10.9 Å². The molecule has 0 saturated carbocycles. The Labute approximate surface area is 124 Å². The number of thiazole rings is 1. The number of carbonyl (C=O) groups excluding carboxylic acids is 1. The number of hydrogen-bond acceptors (Lipinski definition) is 5. The third kappa shape index (κ3) is 3.93. The van der Waals surface area contributed by atoms with Crippen molar-refractivity contribution in [1.29, 1.82) is 0 Å². The molecule has 0 atom stereocenters. The number of nitrogens with one attached hydrogen (secondary N) is 2. The monoisotopic (exact) mass is 297 g/mol. The van der Waals surface area contributed by atoms with Gasteiger partial charge < -0.3 is 15.4 Å². The lowest BCUT2D eigenvalue weighted by atomic mass is 9.76. The molecule has 1 aliphatic rings. The van der Waals surface area contributed by atoms with E-state index < -0.39 is 5.60 Å². The third-order valence-electron chi connectivity index (χ3n) is 3.51. The van der Waals surface area contributed by atoms with E-state index in [0.717, 1.165) is 31.6 Å². The van der Waals surface area contributed by atoms with Crippen LogP contribution in [0.5, 0.6) is 0 Å². The van der Waals surface area contributed by atoms with Gasteiger partial charge in [0.1, 0.15) is 5.60 Å². The molecule has 0 aliphatic carbocycles. The lowest BCUT2D eigenvalue weighted by molar-refractivity contribution is 0.0508. The molecule has 112 valence electrons. The zero-order chi connectivity index (χ0) is 14.6. The second kappa shape index (κ2) is 6.10. The Hall–Kier alpha value is -1.14. The van der Waals surface area contributed by atoms with Gasteiger partial charge in [0.05, 0.1) is 11.2 Å². The summed E-state index contributed by atoms with van der Waals surface area (Å²) >= 11 is 1.60. The van der Waals surface area contributed by atoms with E-state index in [1.165, 1.54) is 0 Å². The van der Waals surface area contributed by atoms with Crippen molar-refractivity contribution in [3.05, 3.63) is 16.6 Å². The Morgan fingerprint density at radius 2 is 2.20 bits per heavy atom. The van der Waals surface area contributed by atoms with Crippen molar-refractivity contribution in [2.24, 2.45) is 0 Å². The topological polar surface area (TPSA) is 63.2 Å². The molecule has 1 aromatic heterocycles. The number of piperidine rings is 1. The Morgan fingerprint density at radius 1 is 1.50 bits per heavy atom. The van der Waals surface area contributed by atoms with Crippen LogP contribution in [-0.2, 0) is 10.2 Å². The van der Waals surface area contributed by atoms with E-state index in [2.05, 4.69) is 21.0 Å². The van der Waals surface area contributed by atoms with E-state index in [9.17, 15) is 4.79 Å². The van der Waals surface area contributed by atoms with Crippen LogP contribution in [0.3, 0.4) is 0 Å². The van der Waals surface area contributed by atoms with Crippen LogP contribution in [0, 0.1) is 0 Å². The van der Waals surface area contributed by atoms with Crippen LogP contribution in [0.1, 0.15) is 39.3 Å². The van der Waals surface area contributed by atoms with E-state index in [1.54, 1.807) is 11.3 Å². The molecular weight excluding hydrogens is 274 g/mol. The summed E-state index contributed by atoms with van der Waals surface area (Å²) < 4.78 is 5.31. The fraction of sp³-hybridized carbons (Fsp3) is 0.714. The largest absolute Gasteiger partial charge is 0.444 e. The van der Waals surface area contributed by atoms with Crippen LogP contribution in [0.2, 0.25) is 0 Å². The molecule has 1 amide bonds. The molecule has 2 N–H and O–H groups in total. The lowest BCUT2D eigenvalue weighted by Crippen LogP contribution is -2.48.